The van der Waals surface area contributed by atoms with Crippen LogP contribution in [-0.4, -0.2) is 19.9 Å². The van der Waals surface area contributed by atoms with Crippen molar-refractivity contribution in [3.05, 3.63) is 169 Å². The van der Waals surface area contributed by atoms with Gasteiger partial charge < -0.3 is 0 Å². The lowest BCUT2D eigenvalue weighted by Crippen LogP contribution is -2.15. The van der Waals surface area contributed by atoms with E-state index in [-0.39, 0.29) is 5.41 Å². The highest BCUT2D eigenvalue weighted by molar-refractivity contribution is 7.21. The summed E-state index contributed by atoms with van der Waals surface area (Å²) in [5.41, 5.74) is 10.4. The summed E-state index contributed by atoms with van der Waals surface area (Å²) in [4.78, 5) is 20.2. The van der Waals surface area contributed by atoms with Crippen LogP contribution in [-0.2, 0) is 5.41 Å². The molecule has 5 heteroatoms. The minimum atomic E-state index is -0.107. The predicted molar refractivity (Wildman–Crippen MR) is 225 cm³/mol. The highest BCUT2D eigenvalue weighted by Crippen LogP contribution is 2.51. The van der Waals surface area contributed by atoms with Crippen molar-refractivity contribution in [1.82, 2.24) is 19.9 Å². The summed E-state index contributed by atoms with van der Waals surface area (Å²) in [5, 5.41) is 8.24. The molecule has 0 N–H and O–H groups in total. The molecule has 11 rings (SSSR count). The van der Waals surface area contributed by atoms with Gasteiger partial charge in [0.1, 0.15) is 5.01 Å². The van der Waals surface area contributed by atoms with Crippen LogP contribution in [0.3, 0.4) is 0 Å². The molecule has 0 amide bonds. The van der Waals surface area contributed by atoms with E-state index in [4.69, 9.17) is 19.9 Å². The third-order valence-electron chi connectivity index (χ3n) is 11.1. The van der Waals surface area contributed by atoms with Crippen molar-refractivity contribution in [3.63, 3.8) is 0 Å². The molecule has 0 fully saturated rings. The van der Waals surface area contributed by atoms with Crippen LogP contribution in [0.15, 0.2) is 158 Å². The second kappa shape index (κ2) is 11.7. The van der Waals surface area contributed by atoms with Gasteiger partial charge in [0.2, 0.25) is 0 Å². The van der Waals surface area contributed by atoms with Gasteiger partial charge in [-0.2, -0.15) is 0 Å². The van der Waals surface area contributed by atoms with Gasteiger partial charge in [-0.05, 0) is 79.5 Å². The Kier molecular flexibility index (Phi) is 6.73. The molecule has 4 nitrogen and oxygen atoms in total. The summed E-state index contributed by atoms with van der Waals surface area (Å²) in [6.07, 6.45) is 0. The first-order chi connectivity index (χ1) is 26.5. The van der Waals surface area contributed by atoms with Crippen molar-refractivity contribution in [2.45, 2.75) is 19.3 Å². The molecule has 1 aliphatic rings. The summed E-state index contributed by atoms with van der Waals surface area (Å²) < 4.78 is 1.18. The molecule has 0 radical (unpaired) electrons. The molecule has 2 aromatic heterocycles. The van der Waals surface area contributed by atoms with Crippen molar-refractivity contribution >= 4 is 53.9 Å². The molecule has 254 valence electrons. The maximum atomic E-state index is 5.38. The quantitative estimate of drug-likeness (QED) is 0.171. The molecule has 1 aliphatic carbocycles. The first-order valence-corrected chi connectivity index (χ1v) is 19.1. The summed E-state index contributed by atoms with van der Waals surface area (Å²) in [5.74, 6) is 1.96. The van der Waals surface area contributed by atoms with E-state index < -0.39 is 0 Å². The molecule has 0 saturated carbocycles. The third-order valence-corrected chi connectivity index (χ3v) is 12.2. The standard InChI is InChI=1S/C49H32N4S/c1-49(2)40-28-36(20-23-38(40)39-26-32-15-9-10-16-33(32)27-41(39)49)48-50-44-42(54-48)24-21-29-17-18-34-25-35(19-22-37(34)43(29)44)47-52-45(30-11-5-3-6-12-30)51-46(53-47)31-13-7-4-8-14-31/h3-28H,1-2H3. The van der Waals surface area contributed by atoms with E-state index in [1.54, 1.807) is 11.3 Å². The Morgan fingerprint density at radius 2 is 1.02 bits per heavy atom. The van der Waals surface area contributed by atoms with Crippen LogP contribution < -0.4 is 0 Å². The molecule has 0 aliphatic heterocycles. The van der Waals surface area contributed by atoms with Gasteiger partial charge in [-0.3, -0.25) is 0 Å². The predicted octanol–water partition coefficient (Wildman–Crippen LogP) is 12.9. The Morgan fingerprint density at radius 1 is 0.426 bits per heavy atom. The van der Waals surface area contributed by atoms with Gasteiger partial charge in [-0.15, -0.1) is 11.3 Å². The second-order valence-corrected chi connectivity index (χ2v) is 15.7. The number of benzene rings is 8. The molecular weight excluding hydrogens is 677 g/mol. The Labute approximate surface area is 316 Å². The van der Waals surface area contributed by atoms with Gasteiger partial charge in [-0.1, -0.05) is 141 Å². The summed E-state index contributed by atoms with van der Waals surface area (Å²) in [6.45, 7) is 4.70. The lowest BCUT2D eigenvalue weighted by Gasteiger charge is -2.22. The zero-order valence-corrected chi connectivity index (χ0v) is 30.5. The fourth-order valence-corrected chi connectivity index (χ4v) is 9.26. The van der Waals surface area contributed by atoms with E-state index in [0.29, 0.717) is 17.5 Å². The second-order valence-electron chi connectivity index (χ2n) is 14.7. The monoisotopic (exact) mass is 708 g/mol. The highest BCUT2D eigenvalue weighted by Gasteiger charge is 2.36. The first kappa shape index (κ1) is 31.0. The molecule has 0 spiro atoms. The van der Waals surface area contributed by atoms with Gasteiger partial charge in [0.15, 0.2) is 17.5 Å². The smallest absolute Gasteiger partial charge is 0.164 e. The van der Waals surface area contributed by atoms with Crippen LogP contribution in [0.2, 0.25) is 0 Å². The SMILES string of the molecule is CC1(C)c2cc(-c3nc4c(ccc5ccc6cc(-c7nc(-c8ccccc8)nc(-c8ccccc8)n7)ccc6c54)s3)ccc2-c2cc3ccccc3cc21. The fraction of sp³-hybridized carbons (Fsp3) is 0.0612. The number of aromatic nitrogens is 4. The van der Waals surface area contributed by atoms with Crippen LogP contribution in [0, 0.1) is 0 Å². The van der Waals surface area contributed by atoms with E-state index in [9.17, 15) is 0 Å². The average molecular weight is 709 g/mol. The van der Waals surface area contributed by atoms with Crippen molar-refractivity contribution in [2.24, 2.45) is 0 Å². The zero-order chi connectivity index (χ0) is 36.0. The van der Waals surface area contributed by atoms with Crippen LogP contribution >= 0.6 is 11.3 Å². The number of fused-ring (bicyclic) bond motifs is 9. The van der Waals surface area contributed by atoms with Crippen molar-refractivity contribution < 1.29 is 0 Å². The van der Waals surface area contributed by atoms with E-state index in [0.717, 1.165) is 43.6 Å². The molecule has 10 aromatic rings. The number of rotatable bonds is 4. The molecule has 0 unspecified atom stereocenters. The summed E-state index contributed by atoms with van der Waals surface area (Å²) >= 11 is 1.77. The van der Waals surface area contributed by atoms with E-state index in [1.165, 1.54) is 48.5 Å². The summed E-state index contributed by atoms with van der Waals surface area (Å²) in [6, 6.07) is 56.0. The maximum absolute atomic E-state index is 5.38. The minimum Gasteiger partial charge on any atom is -0.235 e. The molecule has 54 heavy (non-hydrogen) atoms. The molecule has 8 aromatic carbocycles. The first-order valence-electron chi connectivity index (χ1n) is 18.3. The van der Waals surface area contributed by atoms with Crippen LogP contribution in [0.4, 0.5) is 0 Å². The molecular formula is C49H32N4S. The highest BCUT2D eigenvalue weighted by atomic mass is 32.1. The lowest BCUT2D eigenvalue weighted by molar-refractivity contribution is 0.661. The average Bonchev–Trinajstić information content (AvgIpc) is 3.76. The van der Waals surface area contributed by atoms with Gasteiger partial charge in [0.25, 0.3) is 0 Å². The van der Waals surface area contributed by atoms with Crippen molar-refractivity contribution in [1.29, 1.82) is 0 Å². The normalized spacial score (nSPS) is 13.1. The van der Waals surface area contributed by atoms with Crippen LogP contribution in [0.5, 0.6) is 0 Å². The third kappa shape index (κ3) is 4.82. The number of thiazole rings is 1. The van der Waals surface area contributed by atoms with Crippen LogP contribution in [0.1, 0.15) is 25.0 Å². The molecule has 0 atom stereocenters. The Hall–Kier alpha value is -6.56. The van der Waals surface area contributed by atoms with Crippen LogP contribution in [0.25, 0.3) is 98.4 Å². The maximum Gasteiger partial charge on any atom is 0.164 e. The molecule has 0 saturated heterocycles. The topological polar surface area (TPSA) is 51.6 Å². The van der Waals surface area contributed by atoms with E-state index in [2.05, 4.69) is 111 Å². The van der Waals surface area contributed by atoms with Gasteiger partial charge in [-0.25, -0.2) is 19.9 Å². The van der Waals surface area contributed by atoms with Crippen molar-refractivity contribution in [3.8, 4) is 55.9 Å². The largest absolute Gasteiger partial charge is 0.235 e. The molecule has 2 heterocycles. The zero-order valence-electron chi connectivity index (χ0n) is 29.7. The number of nitrogens with zero attached hydrogens (tertiary/aromatic N) is 4. The van der Waals surface area contributed by atoms with E-state index in [1.807, 2.05) is 60.7 Å². The molecule has 0 bridgehead atoms. The summed E-state index contributed by atoms with van der Waals surface area (Å²) in [7, 11) is 0. The lowest BCUT2D eigenvalue weighted by atomic mass is 9.81. The number of hydrogen-bond acceptors (Lipinski definition) is 5. The fourth-order valence-electron chi connectivity index (χ4n) is 8.29. The Morgan fingerprint density at radius 3 is 1.74 bits per heavy atom. The minimum absolute atomic E-state index is 0.107. The van der Waals surface area contributed by atoms with Gasteiger partial charge in [0.05, 0.1) is 10.2 Å². The Bertz CT molecular complexity index is 3070. The van der Waals surface area contributed by atoms with Crippen molar-refractivity contribution in [2.75, 3.05) is 0 Å². The Balaban J connectivity index is 1.02. The van der Waals surface area contributed by atoms with Gasteiger partial charge in [0, 0.05) is 33.1 Å². The van der Waals surface area contributed by atoms with Gasteiger partial charge >= 0.3 is 0 Å². The van der Waals surface area contributed by atoms with E-state index >= 15 is 0 Å². The number of hydrogen-bond donors (Lipinski definition) is 0.